The second-order valence-electron chi connectivity index (χ2n) is 5.11. The summed E-state index contributed by atoms with van der Waals surface area (Å²) >= 11 is 6.11. The highest BCUT2D eigenvalue weighted by Crippen LogP contribution is 2.32. The van der Waals surface area contributed by atoms with Gasteiger partial charge in [-0.25, -0.2) is 4.98 Å². The first-order valence-electron chi connectivity index (χ1n) is 6.86. The standard InChI is InChI=1S/C15H17ClN4O/c1-9-7-12(13(21-2)8-11(9)16)19-14-5-6-17-15(20-14)18-10-3-4-10/h5-8,10H,3-4H2,1-2H3,(H2,17,18,19,20). The number of aryl methyl sites for hydroxylation is 1. The maximum Gasteiger partial charge on any atom is 0.224 e. The molecular weight excluding hydrogens is 288 g/mol. The van der Waals surface area contributed by atoms with Crippen LogP contribution in [0, 0.1) is 6.92 Å². The van der Waals surface area contributed by atoms with Gasteiger partial charge in [-0.3, -0.25) is 0 Å². The SMILES string of the molecule is COc1cc(Cl)c(C)cc1Nc1ccnc(NC2CC2)n1. The van der Waals surface area contributed by atoms with Crippen molar-refractivity contribution >= 4 is 29.1 Å². The number of halogens is 1. The fourth-order valence-corrected chi connectivity index (χ4v) is 2.13. The minimum Gasteiger partial charge on any atom is -0.495 e. The number of benzene rings is 1. The predicted molar refractivity (Wildman–Crippen MR) is 84.7 cm³/mol. The van der Waals surface area contributed by atoms with Crippen molar-refractivity contribution in [2.45, 2.75) is 25.8 Å². The van der Waals surface area contributed by atoms with Crippen LogP contribution in [-0.2, 0) is 0 Å². The summed E-state index contributed by atoms with van der Waals surface area (Å²) in [5, 5.41) is 7.20. The third-order valence-electron chi connectivity index (χ3n) is 3.31. The number of hydrogen-bond donors (Lipinski definition) is 2. The molecule has 0 bridgehead atoms. The molecule has 1 aliphatic rings. The van der Waals surface area contributed by atoms with Crippen LogP contribution in [0.1, 0.15) is 18.4 Å². The molecule has 1 aromatic heterocycles. The van der Waals surface area contributed by atoms with E-state index in [1.807, 2.05) is 19.1 Å². The topological polar surface area (TPSA) is 59.1 Å². The van der Waals surface area contributed by atoms with Gasteiger partial charge in [0.15, 0.2) is 0 Å². The molecule has 0 amide bonds. The van der Waals surface area contributed by atoms with Crippen LogP contribution < -0.4 is 15.4 Å². The van der Waals surface area contributed by atoms with Gasteiger partial charge in [0, 0.05) is 23.3 Å². The van der Waals surface area contributed by atoms with E-state index in [9.17, 15) is 0 Å². The molecule has 0 radical (unpaired) electrons. The molecule has 1 heterocycles. The van der Waals surface area contributed by atoms with Gasteiger partial charge in [0.1, 0.15) is 11.6 Å². The molecule has 2 N–H and O–H groups in total. The molecule has 0 aliphatic heterocycles. The summed E-state index contributed by atoms with van der Waals surface area (Å²) in [6.07, 6.45) is 4.10. The van der Waals surface area contributed by atoms with Crippen LogP contribution in [0.3, 0.4) is 0 Å². The summed E-state index contributed by atoms with van der Waals surface area (Å²) in [5.74, 6) is 2.04. The molecule has 1 fully saturated rings. The molecule has 1 saturated carbocycles. The smallest absolute Gasteiger partial charge is 0.224 e. The second-order valence-corrected chi connectivity index (χ2v) is 5.52. The highest BCUT2D eigenvalue weighted by molar-refractivity contribution is 6.31. The van der Waals surface area contributed by atoms with Crippen LogP contribution in [0.15, 0.2) is 24.4 Å². The molecule has 0 atom stereocenters. The van der Waals surface area contributed by atoms with Crippen LogP contribution in [0.25, 0.3) is 0 Å². The zero-order chi connectivity index (χ0) is 14.8. The number of methoxy groups -OCH3 is 1. The van der Waals surface area contributed by atoms with Crippen LogP contribution in [-0.4, -0.2) is 23.1 Å². The van der Waals surface area contributed by atoms with E-state index >= 15 is 0 Å². The molecule has 110 valence electrons. The predicted octanol–water partition coefficient (Wildman–Crippen LogP) is 3.76. The van der Waals surface area contributed by atoms with Crippen molar-refractivity contribution in [2.24, 2.45) is 0 Å². The fourth-order valence-electron chi connectivity index (χ4n) is 1.98. The molecule has 0 unspecified atom stereocenters. The minimum absolute atomic E-state index is 0.521. The number of nitrogens with zero attached hydrogens (tertiary/aromatic N) is 2. The van der Waals surface area contributed by atoms with E-state index in [1.54, 1.807) is 19.4 Å². The molecule has 21 heavy (non-hydrogen) atoms. The van der Waals surface area contributed by atoms with Gasteiger partial charge in [-0.2, -0.15) is 4.98 Å². The molecule has 5 nitrogen and oxygen atoms in total. The fraction of sp³-hybridized carbons (Fsp3) is 0.333. The van der Waals surface area contributed by atoms with Crippen molar-refractivity contribution < 1.29 is 4.74 Å². The van der Waals surface area contributed by atoms with E-state index in [-0.39, 0.29) is 0 Å². The van der Waals surface area contributed by atoms with E-state index in [0.717, 1.165) is 11.3 Å². The van der Waals surface area contributed by atoms with Gasteiger partial charge in [0.25, 0.3) is 0 Å². The van der Waals surface area contributed by atoms with Crippen molar-refractivity contribution in [3.63, 3.8) is 0 Å². The number of rotatable bonds is 5. The van der Waals surface area contributed by atoms with E-state index in [0.29, 0.717) is 28.6 Å². The van der Waals surface area contributed by atoms with E-state index in [4.69, 9.17) is 16.3 Å². The zero-order valence-electron chi connectivity index (χ0n) is 12.0. The van der Waals surface area contributed by atoms with Gasteiger partial charge >= 0.3 is 0 Å². The first kappa shape index (κ1) is 13.9. The van der Waals surface area contributed by atoms with E-state index in [2.05, 4.69) is 20.6 Å². The maximum atomic E-state index is 6.11. The lowest BCUT2D eigenvalue weighted by molar-refractivity contribution is 0.416. The van der Waals surface area contributed by atoms with Crippen LogP contribution >= 0.6 is 11.6 Å². The Morgan fingerprint density at radius 2 is 2.14 bits per heavy atom. The van der Waals surface area contributed by atoms with Crippen LogP contribution in [0.4, 0.5) is 17.5 Å². The Balaban J connectivity index is 1.83. The normalized spacial score (nSPS) is 13.9. The molecule has 0 spiro atoms. The second kappa shape index (κ2) is 5.77. The zero-order valence-corrected chi connectivity index (χ0v) is 12.7. The molecule has 6 heteroatoms. The maximum absolute atomic E-state index is 6.11. The van der Waals surface area contributed by atoms with Crippen molar-refractivity contribution in [3.8, 4) is 5.75 Å². The Morgan fingerprint density at radius 1 is 1.33 bits per heavy atom. The number of anilines is 3. The first-order chi connectivity index (χ1) is 10.2. The first-order valence-corrected chi connectivity index (χ1v) is 7.24. The third kappa shape index (κ3) is 3.36. The number of nitrogens with one attached hydrogen (secondary N) is 2. The van der Waals surface area contributed by atoms with Gasteiger partial charge in [0.05, 0.1) is 12.8 Å². The number of ether oxygens (including phenoxy) is 1. The lowest BCUT2D eigenvalue weighted by Crippen LogP contribution is -2.06. The molecular formula is C15H17ClN4O. The molecule has 3 rings (SSSR count). The minimum atomic E-state index is 0.521. The summed E-state index contributed by atoms with van der Waals surface area (Å²) in [7, 11) is 1.62. The van der Waals surface area contributed by atoms with Crippen LogP contribution in [0.5, 0.6) is 5.75 Å². The van der Waals surface area contributed by atoms with Gasteiger partial charge in [-0.05, 0) is 37.5 Å². The third-order valence-corrected chi connectivity index (χ3v) is 3.72. The lowest BCUT2D eigenvalue weighted by atomic mass is 10.2. The molecule has 2 aromatic rings. The number of hydrogen-bond acceptors (Lipinski definition) is 5. The number of aromatic nitrogens is 2. The van der Waals surface area contributed by atoms with Gasteiger partial charge in [-0.1, -0.05) is 11.6 Å². The molecule has 0 saturated heterocycles. The van der Waals surface area contributed by atoms with Crippen molar-refractivity contribution in [1.29, 1.82) is 0 Å². The molecule has 1 aliphatic carbocycles. The van der Waals surface area contributed by atoms with E-state index < -0.39 is 0 Å². The highest BCUT2D eigenvalue weighted by atomic mass is 35.5. The summed E-state index contributed by atoms with van der Waals surface area (Å²) < 4.78 is 5.35. The molecule has 1 aromatic carbocycles. The Labute approximate surface area is 128 Å². The van der Waals surface area contributed by atoms with Crippen molar-refractivity contribution in [1.82, 2.24) is 9.97 Å². The Morgan fingerprint density at radius 3 is 2.86 bits per heavy atom. The summed E-state index contributed by atoms with van der Waals surface area (Å²) in [5.41, 5.74) is 1.81. The summed E-state index contributed by atoms with van der Waals surface area (Å²) in [6.45, 7) is 1.95. The average Bonchev–Trinajstić information content (AvgIpc) is 3.27. The Kier molecular flexibility index (Phi) is 3.84. The van der Waals surface area contributed by atoms with Crippen molar-refractivity contribution in [3.05, 3.63) is 35.0 Å². The largest absolute Gasteiger partial charge is 0.495 e. The monoisotopic (exact) mass is 304 g/mol. The van der Waals surface area contributed by atoms with Gasteiger partial charge < -0.3 is 15.4 Å². The highest BCUT2D eigenvalue weighted by Gasteiger charge is 2.21. The van der Waals surface area contributed by atoms with Crippen LogP contribution in [0.2, 0.25) is 5.02 Å². The average molecular weight is 305 g/mol. The van der Waals surface area contributed by atoms with E-state index in [1.165, 1.54) is 12.8 Å². The lowest BCUT2D eigenvalue weighted by Gasteiger charge is -2.13. The Hall–Kier alpha value is -2.01. The summed E-state index contributed by atoms with van der Waals surface area (Å²) in [4.78, 5) is 8.67. The Bertz CT molecular complexity index is 658. The quantitative estimate of drug-likeness (QED) is 0.880. The van der Waals surface area contributed by atoms with Gasteiger partial charge in [0.2, 0.25) is 5.95 Å². The van der Waals surface area contributed by atoms with Crippen molar-refractivity contribution in [2.75, 3.05) is 17.7 Å². The van der Waals surface area contributed by atoms with Gasteiger partial charge in [-0.15, -0.1) is 0 Å². The summed E-state index contributed by atoms with van der Waals surface area (Å²) in [6, 6.07) is 6.08.